The van der Waals surface area contributed by atoms with Crippen molar-refractivity contribution in [2.24, 2.45) is 5.73 Å². The number of rotatable bonds is 3. The molecule has 0 bridgehead atoms. The Labute approximate surface area is 155 Å². The SMILES string of the molecule is Cc1cccc(-c2nc3c(n2-c2ccc4ncc(C(N)=O)n4c2)CCC3)n1. The van der Waals surface area contributed by atoms with E-state index in [1.165, 1.54) is 11.9 Å². The molecular weight excluding hydrogens is 340 g/mol. The summed E-state index contributed by atoms with van der Waals surface area (Å²) < 4.78 is 3.88. The van der Waals surface area contributed by atoms with Crippen LogP contribution < -0.4 is 5.73 Å². The number of primary amides is 1. The molecule has 0 aromatic carbocycles. The van der Waals surface area contributed by atoms with E-state index in [-0.39, 0.29) is 0 Å². The number of carbonyl (C=O) groups excluding carboxylic acids is 1. The van der Waals surface area contributed by atoms with Crippen LogP contribution in [0.3, 0.4) is 0 Å². The zero-order chi connectivity index (χ0) is 18.5. The van der Waals surface area contributed by atoms with Gasteiger partial charge in [-0.05, 0) is 50.5 Å². The van der Waals surface area contributed by atoms with Gasteiger partial charge in [-0.1, -0.05) is 6.07 Å². The lowest BCUT2D eigenvalue weighted by Gasteiger charge is -2.12. The minimum Gasteiger partial charge on any atom is -0.364 e. The van der Waals surface area contributed by atoms with Gasteiger partial charge >= 0.3 is 0 Å². The predicted octanol–water partition coefficient (Wildman–Crippen LogP) is 2.48. The molecule has 1 aliphatic rings. The van der Waals surface area contributed by atoms with Crippen LogP contribution in [-0.4, -0.2) is 29.8 Å². The molecule has 7 nitrogen and oxygen atoms in total. The van der Waals surface area contributed by atoms with Gasteiger partial charge in [-0.25, -0.2) is 15.0 Å². The number of aryl methyl sites for hydroxylation is 2. The number of hydrogen-bond acceptors (Lipinski definition) is 4. The minimum absolute atomic E-state index is 0.360. The Morgan fingerprint density at radius 2 is 2.04 bits per heavy atom. The third kappa shape index (κ3) is 2.43. The Kier molecular flexibility index (Phi) is 3.36. The lowest BCUT2D eigenvalue weighted by Crippen LogP contribution is -2.14. The number of hydrogen-bond donors (Lipinski definition) is 1. The predicted molar refractivity (Wildman–Crippen MR) is 101 cm³/mol. The van der Waals surface area contributed by atoms with Crippen LogP contribution in [0.1, 0.15) is 34.0 Å². The molecule has 7 heteroatoms. The molecule has 0 radical (unpaired) electrons. The summed E-state index contributed by atoms with van der Waals surface area (Å²) in [5, 5.41) is 0. The van der Waals surface area contributed by atoms with Crippen LogP contribution in [0.2, 0.25) is 0 Å². The number of aromatic nitrogens is 5. The first-order valence-electron chi connectivity index (χ1n) is 8.93. The van der Waals surface area contributed by atoms with E-state index < -0.39 is 5.91 Å². The van der Waals surface area contributed by atoms with Crippen molar-refractivity contribution in [3.05, 3.63) is 65.5 Å². The molecule has 5 rings (SSSR count). The first kappa shape index (κ1) is 15.7. The molecule has 0 saturated heterocycles. The fraction of sp³-hybridized carbons (Fsp3) is 0.200. The molecule has 134 valence electrons. The monoisotopic (exact) mass is 358 g/mol. The van der Waals surface area contributed by atoms with Gasteiger partial charge in [0.1, 0.15) is 17.0 Å². The quantitative estimate of drug-likeness (QED) is 0.609. The normalized spacial score (nSPS) is 13.2. The second kappa shape index (κ2) is 5.77. The van der Waals surface area contributed by atoms with Crippen LogP contribution in [0.4, 0.5) is 0 Å². The van der Waals surface area contributed by atoms with E-state index in [9.17, 15) is 4.79 Å². The topological polar surface area (TPSA) is 91.1 Å². The summed E-state index contributed by atoms with van der Waals surface area (Å²) >= 11 is 0. The lowest BCUT2D eigenvalue weighted by molar-refractivity contribution is 0.0995. The van der Waals surface area contributed by atoms with E-state index >= 15 is 0 Å². The van der Waals surface area contributed by atoms with E-state index in [0.717, 1.165) is 47.9 Å². The smallest absolute Gasteiger partial charge is 0.267 e. The molecule has 1 amide bonds. The summed E-state index contributed by atoms with van der Waals surface area (Å²) in [6, 6.07) is 9.82. The fourth-order valence-corrected chi connectivity index (χ4v) is 3.78. The summed E-state index contributed by atoms with van der Waals surface area (Å²) in [6.07, 6.45) is 6.43. The maximum Gasteiger partial charge on any atom is 0.267 e. The Morgan fingerprint density at radius 3 is 2.85 bits per heavy atom. The highest BCUT2D eigenvalue weighted by atomic mass is 16.1. The van der Waals surface area contributed by atoms with Gasteiger partial charge in [0.15, 0.2) is 5.82 Å². The van der Waals surface area contributed by atoms with Crippen molar-refractivity contribution >= 4 is 11.6 Å². The van der Waals surface area contributed by atoms with Gasteiger partial charge in [0.25, 0.3) is 5.91 Å². The van der Waals surface area contributed by atoms with Crippen molar-refractivity contribution in [1.82, 2.24) is 23.9 Å². The fourth-order valence-electron chi connectivity index (χ4n) is 3.78. The molecule has 0 spiro atoms. The minimum atomic E-state index is -0.504. The molecule has 0 unspecified atom stereocenters. The highest BCUT2D eigenvalue weighted by molar-refractivity contribution is 5.91. The van der Waals surface area contributed by atoms with Gasteiger partial charge in [-0.15, -0.1) is 0 Å². The van der Waals surface area contributed by atoms with E-state index in [0.29, 0.717) is 11.3 Å². The van der Waals surface area contributed by atoms with E-state index in [1.54, 1.807) is 4.40 Å². The van der Waals surface area contributed by atoms with Gasteiger partial charge in [0.2, 0.25) is 0 Å². The van der Waals surface area contributed by atoms with Crippen LogP contribution in [0.15, 0.2) is 42.7 Å². The zero-order valence-electron chi connectivity index (χ0n) is 14.9. The van der Waals surface area contributed by atoms with Gasteiger partial charge in [0, 0.05) is 17.6 Å². The molecule has 2 N–H and O–H groups in total. The summed E-state index contributed by atoms with van der Waals surface area (Å²) in [5.41, 5.74) is 11.6. The first-order valence-corrected chi connectivity index (χ1v) is 8.93. The number of pyridine rings is 2. The van der Waals surface area contributed by atoms with Crippen LogP contribution >= 0.6 is 0 Å². The second-order valence-corrected chi connectivity index (χ2v) is 6.81. The third-order valence-corrected chi connectivity index (χ3v) is 5.00. The molecule has 27 heavy (non-hydrogen) atoms. The Bertz CT molecular complexity index is 1200. The average Bonchev–Trinajstić information content (AvgIpc) is 3.34. The molecule has 0 atom stereocenters. The number of amides is 1. The van der Waals surface area contributed by atoms with E-state index in [2.05, 4.69) is 14.5 Å². The van der Waals surface area contributed by atoms with E-state index in [1.807, 2.05) is 43.5 Å². The molecule has 4 heterocycles. The molecule has 0 saturated carbocycles. The maximum absolute atomic E-state index is 11.7. The lowest BCUT2D eigenvalue weighted by atomic mass is 10.2. The summed E-state index contributed by atoms with van der Waals surface area (Å²) in [5.74, 6) is 0.319. The van der Waals surface area contributed by atoms with Crippen LogP contribution in [0, 0.1) is 6.92 Å². The van der Waals surface area contributed by atoms with Gasteiger partial charge in [-0.3, -0.25) is 13.8 Å². The zero-order valence-corrected chi connectivity index (χ0v) is 14.9. The molecule has 0 fully saturated rings. The molecule has 1 aliphatic carbocycles. The number of imidazole rings is 2. The van der Waals surface area contributed by atoms with Crippen molar-refractivity contribution in [2.45, 2.75) is 26.2 Å². The average molecular weight is 358 g/mol. The van der Waals surface area contributed by atoms with Crippen LogP contribution in [0.5, 0.6) is 0 Å². The third-order valence-electron chi connectivity index (χ3n) is 5.00. The number of nitrogens with zero attached hydrogens (tertiary/aromatic N) is 5. The van der Waals surface area contributed by atoms with Gasteiger partial charge < -0.3 is 5.73 Å². The van der Waals surface area contributed by atoms with Crippen molar-refractivity contribution < 1.29 is 4.79 Å². The van der Waals surface area contributed by atoms with Crippen LogP contribution in [-0.2, 0) is 12.8 Å². The van der Waals surface area contributed by atoms with Crippen LogP contribution in [0.25, 0.3) is 22.9 Å². The largest absolute Gasteiger partial charge is 0.364 e. The Hall–Kier alpha value is -3.48. The van der Waals surface area contributed by atoms with Crippen molar-refractivity contribution in [2.75, 3.05) is 0 Å². The summed E-state index contributed by atoms with van der Waals surface area (Å²) in [6.45, 7) is 1.97. The Morgan fingerprint density at radius 1 is 1.15 bits per heavy atom. The molecule has 4 aromatic rings. The number of carbonyl (C=O) groups is 1. The van der Waals surface area contributed by atoms with Gasteiger partial charge in [0.05, 0.1) is 17.6 Å². The highest BCUT2D eigenvalue weighted by Gasteiger charge is 2.24. The maximum atomic E-state index is 11.7. The first-order chi connectivity index (χ1) is 13.1. The second-order valence-electron chi connectivity index (χ2n) is 6.81. The van der Waals surface area contributed by atoms with Crippen molar-refractivity contribution in [1.29, 1.82) is 0 Å². The van der Waals surface area contributed by atoms with Crippen molar-refractivity contribution in [3.8, 4) is 17.2 Å². The standard InChI is InChI=1S/C20H18N6O/c1-12-4-2-6-15(23-12)20-24-14-5-3-7-16(14)26(20)13-8-9-18-22-10-17(19(21)27)25(18)11-13/h2,4,6,8-11H,3,5,7H2,1H3,(H2,21,27). The highest BCUT2D eigenvalue weighted by Crippen LogP contribution is 2.31. The number of fused-ring (bicyclic) bond motifs is 2. The number of nitrogens with two attached hydrogens (primary N) is 1. The van der Waals surface area contributed by atoms with E-state index in [4.69, 9.17) is 10.7 Å². The molecule has 4 aromatic heterocycles. The Balaban J connectivity index is 1.76. The van der Waals surface area contributed by atoms with Crippen molar-refractivity contribution in [3.63, 3.8) is 0 Å². The molecule has 0 aliphatic heterocycles. The summed E-state index contributed by atoms with van der Waals surface area (Å²) in [7, 11) is 0. The van der Waals surface area contributed by atoms with Gasteiger partial charge in [-0.2, -0.15) is 0 Å². The molecular formula is C20H18N6O. The summed E-state index contributed by atoms with van der Waals surface area (Å²) in [4.78, 5) is 25.5.